The summed E-state index contributed by atoms with van der Waals surface area (Å²) < 4.78 is 47.9. The first-order valence-electron chi connectivity index (χ1n) is 13.6. The lowest BCUT2D eigenvalue weighted by Gasteiger charge is -2.30. The summed E-state index contributed by atoms with van der Waals surface area (Å²) in [6, 6.07) is 22.9. The van der Waals surface area contributed by atoms with Gasteiger partial charge in [0.25, 0.3) is 0 Å². The number of aliphatic hydroxyl groups excluding tert-OH is 2. The Balaban J connectivity index is 1.95. The summed E-state index contributed by atoms with van der Waals surface area (Å²) in [5.74, 6) is 0.118. The normalized spacial score (nSPS) is 14.0. The summed E-state index contributed by atoms with van der Waals surface area (Å²) >= 11 is 0. The van der Waals surface area contributed by atoms with E-state index in [-0.39, 0.29) is 30.9 Å². The molecule has 1 amide bonds. The van der Waals surface area contributed by atoms with Crippen molar-refractivity contribution in [3.63, 3.8) is 0 Å². The van der Waals surface area contributed by atoms with Gasteiger partial charge in [0.05, 0.1) is 18.3 Å². The standard InChI is InChI=1S/C31H40N2O8S/c1-22(34)17-25-15-16-26(28(19-25)40-21-24-13-9-6-10-14-24)33(42(37,38)39)20-27(35)29(18-23-11-7-5-8-12-23)41-30(36)32-31(2,3)4/h5-16,19,22,27,29,34-35H,17-18,20-21H2,1-4H3,(H,32,36)(H,37,38,39)/t22-,27+,29-/m0/s1. The van der Waals surface area contributed by atoms with Crippen LogP contribution < -0.4 is 14.4 Å². The molecule has 0 fully saturated rings. The van der Waals surface area contributed by atoms with Crippen LogP contribution in [0.25, 0.3) is 0 Å². The number of alkyl carbamates (subject to hydrolysis) is 1. The van der Waals surface area contributed by atoms with Crippen LogP contribution in [0, 0.1) is 0 Å². The Kier molecular flexibility index (Phi) is 11.3. The molecule has 0 aliphatic rings. The quantitative estimate of drug-likeness (QED) is 0.213. The molecule has 0 saturated heterocycles. The Labute approximate surface area is 247 Å². The molecule has 0 aliphatic carbocycles. The van der Waals surface area contributed by atoms with Gasteiger partial charge in [-0.05, 0) is 62.9 Å². The van der Waals surface area contributed by atoms with Crippen LogP contribution in [0.5, 0.6) is 5.75 Å². The number of anilines is 1. The SMILES string of the molecule is C[C@H](O)Cc1ccc(N(C[C@@H](O)[C@H](Cc2ccccc2)OC(=O)NC(C)(C)C)S(=O)(=O)O)c(OCc2ccccc2)c1. The Hall–Kier alpha value is -3.64. The van der Waals surface area contributed by atoms with E-state index in [0.29, 0.717) is 9.87 Å². The maximum atomic E-state index is 12.7. The largest absolute Gasteiger partial charge is 0.487 e. The molecular weight excluding hydrogens is 560 g/mol. The molecule has 3 atom stereocenters. The highest BCUT2D eigenvalue weighted by atomic mass is 32.2. The van der Waals surface area contributed by atoms with Crippen molar-refractivity contribution in [2.75, 3.05) is 10.8 Å². The van der Waals surface area contributed by atoms with Crippen molar-refractivity contribution in [1.82, 2.24) is 5.32 Å². The fraction of sp³-hybridized carbons (Fsp3) is 0.387. The molecule has 4 N–H and O–H groups in total. The molecule has 3 aromatic rings. The van der Waals surface area contributed by atoms with Crippen molar-refractivity contribution >= 4 is 22.1 Å². The van der Waals surface area contributed by atoms with Crippen LogP contribution in [-0.4, -0.2) is 59.7 Å². The van der Waals surface area contributed by atoms with Gasteiger partial charge in [-0.1, -0.05) is 66.7 Å². The maximum Gasteiger partial charge on any atom is 0.407 e. The minimum Gasteiger partial charge on any atom is -0.487 e. The third kappa shape index (κ3) is 10.6. The van der Waals surface area contributed by atoms with Crippen molar-refractivity contribution < 1.29 is 37.5 Å². The average molecular weight is 601 g/mol. The number of amides is 1. The first-order chi connectivity index (χ1) is 19.7. The lowest BCUT2D eigenvalue weighted by atomic mass is 10.0. The first kappa shape index (κ1) is 32.9. The Morgan fingerprint density at radius 1 is 0.905 bits per heavy atom. The van der Waals surface area contributed by atoms with E-state index in [0.717, 1.165) is 11.1 Å². The monoisotopic (exact) mass is 600 g/mol. The van der Waals surface area contributed by atoms with E-state index >= 15 is 0 Å². The zero-order valence-corrected chi connectivity index (χ0v) is 25.1. The van der Waals surface area contributed by atoms with Crippen molar-refractivity contribution in [1.29, 1.82) is 0 Å². The number of benzene rings is 3. The molecule has 0 radical (unpaired) electrons. The third-order valence-corrected chi connectivity index (χ3v) is 7.04. The maximum absolute atomic E-state index is 12.7. The second-order valence-electron chi connectivity index (χ2n) is 11.2. The van der Waals surface area contributed by atoms with Gasteiger partial charge >= 0.3 is 16.4 Å². The summed E-state index contributed by atoms with van der Waals surface area (Å²) in [6.07, 6.45) is -3.78. The molecule has 228 valence electrons. The van der Waals surface area contributed by atoms with Crippen molar-refractivity contribution in [2.45, 2.75) is 71.0 Å². The van der Waals surface area contributed by atoms with Crippen LogP contribution in [-0.2, 0) is 34.5 Å². The second kappa shape index (κ2) is 14.5. The van der Waals surface area contributed by atoms with E-state index < -0.39 is 46.8 Å². The van der Waals surface area contributed by atoms with Gasteiger partial charge in [-0.25, -0.2) is 9.10 Å². The predicted molar refractivity (Wildman–Crippen MR) is 161 cm³/mol. The van der Waals surface area contributed by atoms with Crippen molar-refractivity contribution in [2.24, 2.45) is 0 Å². The minimum atomic E-state index is -4.93. The second-order valence-corrected chi connectivity index (χ2v) is 12.6. The molecular formula is C31H40N2O8S. The van der Waals surface area contributed by atoms with Crippen LogP contribution >= 0.6 is 0 Å². The molecule has 0 spiro atoms. The minimum absolute atomic E-state index is 0.0283. The molecule has 11 heteroatoms. The summed E-state index contributed by atoms with van der Waals surface area (Å²) in [4.78, 5) is 12.6. The molecule has 3 aromatic carbocycles. The van der Waals surface area contributed by atoms with Gasteiger partial charge in [0.2, 0.25) is 0 Å². The van der Waals surface area contributed by atoms with E-state index in [1.165, 1.54) is 6.07 Å². The molecule has 42 heavy (non-hydrogen) atoms. The smallest absolute Gasteiger partial charge is 0.407 e. The lowest BCUT2D eigenvalue weighted by Crippen LogP contribution is -2.48. The van der Waals surface area contributed by atoms with Gasteiger partial charge < -0.3 is 25.0 Å². The van der Waals surface area contributed by atoms with E-state index in [9.17, 15) is 28.0 Å². The number of aliphatic hydroxyl groups is 2. The van der Waals surface area contributed by atoms with Gasteiger partial charge in [0.1, 0.15) is 24.6 Å². The molecule has 0 bridgehead atoms. The van der Waals surface area contributed by atoms with E-state index in [2.05, 4.69) is 5.32 Å². The highest BCUT2D eigenvalue weighted by molar-refractivity contribution is 7.87. The lowest BCUT2D eigenvalue weighted by molar-refractivity contribution is 0.00575. The van der Waals surface area contributed by atoms with E-state index in [1.54, 1.807) is 64.1 Å². The van der Waals surface area contributed by atoms with Gasteiger partial charge in [0.15, 0.2) is 0 Å². The average Bonchev–Trinajstić information content (AvgIpc) is 2.89. The number of carbonyl (C=O) groups excluding carboxylic acids is 1. The van der Waals surface area contributed by atoms with Crippen LogP contribution in [0.4, 0.5) is 10.5 Å². The molecule has 10 nitrogen and oxygen atoms in total. The molecule has 0 aromatic heterocycles. The predicted octanol–water partition coefficient (Wildman–Crippen LogP) is 4.30. The third-order valence-electron chi connectivity index (χ3n) is 6.14. The highest BCUT2D eigenvalue weighted by Gasteiger charge is 2.32. The van der Waals surface area contributed by atoms with Crippen LogP contribution in [0.1, 0.15) is 44.4 Å². The summed E-state index contributed by atoms with van der Waals surface area (Å²) in [7, 11) is -4.93. The summed E-state index contributed by atoms with van der Waals surface area (Å²) in [5.41, 5.74) is 1.61. The van der Waals surface area contributed by atoms with Crippen molar-refractivity contribution in [3.8, 4) is 5.75 Å². The number of rotatable bonds is 13. The number of hydrogen-bond donors (Lipinski definition) is 4. The van der Waals surface area contributed by atoms with Gasteiger partial charge in [-0.15, -0.1) is 0 Å². The summed E-state index contributed by atoms with van der Waals surface area (Å²) in [5, 5.41) is 23.9. The van der Waals surface area contributed by atoms with E-state index in [1.807, 2.05) is 36.4 Å². The molecule has 0 heterocycles. The Morgan fingerprint density at radius 2 is 1.50 bits per heavy atom. The first-order valence-corrected chi connectivity index (χ1v) is 15.0. The van der Waals surface area contributed by atoms with Crippen LogP contribution in [0.2, 0.25) is 0 Å². The zero-order valence-electron chi connectivity index (χ0n) is 24.3. The van der Waals surface area contributed by atoms with Gasteiger partial charge in [0, 0.05) is 12.0 Å². The number of nitrogens with zero attached hydrogens (tertiary/aromatic N) is 1. The number of nitrogens with one attached hydrogen (secondary N) is 1. The topological polar surface area (TPSA) is 146 Å². The Bertz CT molecular complexity index is 1390. The fourth-order valence-electron chi connectivity index (χ4n) is 4.26. The Morgan fingerprint density at radius 3 is 2.05 bits per heavy atom. The fourth-order valence-corrected chi connectivity index (χ4v) is 5.00. The molecule has 0 saturated carbocycles. The highest BCUT2D eigenvalue weighted by Crippen LogP contribution is 2.33. The molecule has 0 aliphatic heterocycles. The number of carbonyl (C=O) groups is 1. The molecule has 3 rings (SSSR count). The number of ether oxygens (including phenoxy) is 2. The van der Waals surface area contributed by atoms with Gasteiger partial charge in [-0.2, -0.15) is 8.42 Å². The van der Waals surface area contributed by atoms with Crippen LogP contribution in [0.3, 0.4) is 0 Å². The van der Waals surface area contributed by atoms with Gasteiger partial charge in [-0.3, -0.25) is 4.55 Å². The summed E-state index contributed by atoms with van der Waals surface area (Å²) in [6.45, 7) is 6.40. The zero-order chi connectivity index (χ0) is 30.9. The van der Waals surface area contributed by atoms with Crippen molar-refractivity contribution in [3.05, 3.63) is 95.6 Å². The van der Waals surface area contributed by atoms with Crippen LogP contribution in [0.15, 0.2) is 78.9 Å². The number of hydrogen-bond acceptors (Lipinski definition) is 7. The van der Waals surface area contributed by atoms with E-state index in [4.69, 9.17) is 9.47 Å². The molecule has 0 unspecified atom stereocenters.